The van der Waals surface area contributed by atoms with Crippen LogP contribution in [0.25, 0.3) is 28.0 Å². The van der Waals surface area contributed by atoms with Crippen LogP contribution in [0.15, 0.2) is 134 Å². The lowest BCUT2D eigenvalue weighted by Gasteiger charge is -2.36. The van der Waals surface area contributed by atoms with E-state index in [0.717, 1.165) is 32.2 Å². The summed E-state index contributed by atoms with van der Waals surface area (Å²) in [6.45, 7) is 12.2. The number of nitrogens with one attached hydrogen (secondary N) is 2. The molecule has 0 fully saturated rings. The lowest BCUT2D eigenvalue weighted by atomic mass is 9.80. The highest BCUT2D eigenvalue weighted by Crippen LogP contribution is 2.37. The van der Waals surface area contributed by atoms with Crippen LogP contribution >= 0.6 is 0 Å². The Morgan fingerprint density at radius 2 is 1.50 bits per heavy atom. The first-order valence-electron chi connectivity index (χ1n) is 17.0. The van der Waals surface area contributed by atoms with Gasteiger partial charge in [-0.1, -0.05) is 137 Å². The van der Waals surface area contributed by atoms with E-state index in [0.29, 0.717) is 5.92 Å². The Hall–Kier alpha value is -4.56. The van der Waals surface area contributed by atoms with Crippen LogP contribution in [0.1, 0.15) is 68.4 Å². The van der Waals surface area contributed by atoms with Crippen molar-refractivity contribution in [3.8, 4) is 22.3 Å². The van der Waals surface area contributed by atoms with E-state index in [1.54, 1.807) is 0 Å². The number of aryl methyl sites for hydroxylation is 1. The summed E-state index contributed by atoms with van der Waals surface area (Å²) in [6.07, 6.45) is 19.2. The summed E-state index contributed by atoms with van der Waals surface area (Å²) in [5, 5.41) is 7.46. The van der Waals surface area contributed by atoms with Gasteiger partial charge in [0.1, 0.15) is 0 Å². The Balaban J connectivity index is 1.32. The van der Waals surface area contributed by atoms with Crippen molar-refractivity contribution >= 4 is 5.70 Å². The predicted octanol–water partition coefficient (Wildman–Crippen LogP) is 10.9. The van der Waals surface area contributed by atoms with Crippen LogP contribution in [0, 0.1) is 12.8 Å². The minimum Gasteiger partial charge on any atom is -0.381 e. The molecule has 1 aliphatic heterocycles. The average Bonchev–Trinajstić information content (AvgIpc) is 3.10. The van der Waals surface area contributed by atoms with Crippen LogP contribution in [0.2, 0.25) is 0 Å². The number of hydrogen-bond acceptors (Lipinski definition) is 2. The van der Waals surface area contributed by atoms with Crippen LogP contribution in [-0.2, 0) is 18.4 Å². The van der Waals surface area contributed by atoms with Crippen LogP contribution < -0.4 is 10.6 Å². The first kappa shape index (κ1) is 32.8. The molecule has 5 rings (SSSR count). The SMILES string of the molecule is CCC(CC)(N/C=C\C=C/Cc1cc(-c2ccc(CC(C)C)cc2)ccc1C)c1ccc(-c2ccccc2)cc1C1=CC=CCN1. The smallest absolute Gasteiger partial charge is 0.0621 e. The van der Waals surface area contributed by atoms with Crippen molar-refractivity contribution in [2.45, 2.75) is 65.8 Å². The second-order valence-corrected chi connectivity index (χ2v) is 12.9. The largest absolute Gasteiger partial charge is 0.381 e. The fourth-order valence-electron chi connectivity index (χ4n) is 6.46. The van der Waals surface area contributed by atoms with E-state index in [9.17, 15) is 0 Å². The molecule has 236 valence electrons. The summed E-state index contributed by atoms with van der Waals surface area (Å²) in [7, 11) is 0. The van der Waals surface area contributed by atoms with Gasteiger partial charge >= 0.3 is 0 Å². The van der Waals surface area contributed by atoms with Gasteiger partial charge < -0.3 is 10.6 Å². The van der Waals surface area contributed by atoms with E-state index in [4.69, 9.17) is 0 Å². The van der Waals surface area contributed by atoms with Gasteiger partial charge in [-0.15, -0.1) is 0 Å². The van der Waals surface area contributed by atoms with E-state index >= 15 is 0 Å². The lowest BCUT2D eigenvalue weighted by molar-refractivity contribution is 0.349. The number of allylic oxidation sites excluding steroid dienone is 5. The molecule has 0 amide bonds. The second-order valence-electron chi connectivity index (χ2n) is 12.9. The number of dihydropyridines is 1. The molecular weight excluding hydrogens is 556 g/mol. The summed E-state index contributed by atoms with van der Waals surface area (Å²) in [6, 6.07) is 33.5. The van der Waals surface area contributed by atoms with Gasteiger partial charge in [-0.25, -0.2) is 0 Å². The molecule has 2 heteroatoms. The maximum Gasteiger partial charge on any atom is 0.0621 e. The van der Waals surface area contributed by atoms with Crippen molar-refractivity contribution in [1.82, 2.24) is 10.6 Å². The zero-order valence-corrected chi connectivity index (χ0v) is 28.3. The van der Waals surface area contributed by atoms with Crippen LogP contribution in [0.4, 0.5) is 0 Å². The minimum atomic E-state index is -0.186. The molecule has 0 saturated carbocycles. The summed E-state index contributed by atoms with van der Waals surface area (Å²) >= 11 is 0. The van der Waals surface area contributed by atoms with E-state index < -0.39 is 0 Å². The third-order valence-electron chi connectivity index (χ3n) is 9.27. The third-order valence-corrected chi connectivity index (χ3v) is 9.27. The maximum atomic E-state index is 3.84. The average molecular weight is 607 g/mol. The summed E-state index contributed by atoms with van der Waals surface area (Å²) < 4.78 is 0. The normalized spacial score (nSPS) is 13.4. The minimum absolute atomic E-state index is 0.186. The van der Waals surface area contributed by atoms with E-state index in [1.165, 1.54) is 55.8 Å². The monoisotopic (exact) mass is 606 g/mol. The van der Waals surface area contributed by atoms with Gasteiger partial charge in [0.25, 0.3) is 0 Å². The predicted molar refractivity (Wildman–Crippen MR) is 200 cm³/mol. The molecule has 1 heterocycles. The second kappa shape index (κ2) is 15.6. The molecule has 4 aromatic rings. The van der Waals surface area contributed by atoms with E-state index in [2.05, 4.69) is 179 Å². The summed E-state index contributed by atoms with van der Waals surface area (Å²) in [5.41, 5.74) is 12.7. The molecule has 2 N–H and O–H groups in total. The van der Waals surface area contributed by atoms with E-state index in [-0.39, 0.29) is 5.54 Å². The molecular formula is C44H50N2. The first-order chi connectivity index (χ1) is 22.4. The van der Waals surface area contributed by atoms with Crippen LogP contribution in [0.3, 0.4) is 0 Å². The quantitative estimate of drug-likeness (QED) is 0.148. The third kappa shape index (κ3) is 7.98. The molecule has 1 aliphatic rings. The van der Waals surface area contributed by atoms with Crippen molar-refractivity contribution in [3.05, 3.63) is 161 Å². The Bertz CT molecular complexity index is 1700. The van der Waals surface area contributed by atoms with Gasteiger partial charge in [-0.2, -0.15) is 0 Å². The van der Waals surface area contributed by atoms with Gasteiger partial charge in [-0.3, -0.25) is 0 Å². The highest BCUT2D eigenvalue weighted by atomic mass is 15.0. The number of hydrogen-bond donors (Lipinski definition) is 2. The Morgan fingerprint density at radius 1 is 0.804 bits per heavy atom. The Labute approximate surface area is 277 Å². The fraction of sp³-hybridized carbons (Fsp3) is 0.273. The van der Waals surface area contributed by atoms with Gasteiger partial charge in [0.2, 0.25) is 0 Å². The molecule has 0 unspecified atom stereocenters. The summed E-state index contributed by atoms with van der Waals surface area (Å²) in [5.74, 6) is 0.673. The molecule has 2 nitrogen and oxygen atoms in total. The van der Waals surface area contributed by atoms with Crippen molar-refractivity contribution in [2.75, 3.05) is 6.54 Å². The highest BCUT2D eigenvalue weighted by molar-refractivity contribution is 5.76. The molecule has 0 spiro atoms. The summed E-state index contributed by atoms with van der Waals surface area (Å²) in [4.78, 5) is 0. The fourth-order valence-corrected chi connectivity index (χ4v) is 6.46. The molecule has 0 saturated heterocycles. The lowest BCUT2D eigenvalue weighted by Crippen LogP contribution is -2.39. The molecule has 0 radical (unpaired) electrons. The van der Waals surface area contributed by atoms with Gasteiger partial charge in [0.05, 0.1) is 5.54 Å². The van der Waals surface area contributed by atoms with Crippen molar-refractivity contribution in [1.29, 1.82) is 0 Å². The molecule has 46 heavy (non-hydrogen) atoms. The van der Waals surface area contributed by atoms with Crippen LogP contribution in [0.5, 0.6) is 0 Å². The van der Waals surface area contributed by atoms with Crippen molar-refractivity contribution in [3.63, 3.8) is 0 Å². The van der Waals surface area contributed by atoms with Gasteiger partial charge in [0.15, 0.2) is 0 Å². The first-order valence-corrected chi connectivity index (χ1v) is 17.0. The van der Waals surface area contributed by atoms with Crippen LogP contribution in [-0.4, -0.2) is 6.54 Å². The zero-order valence-electron chi connectivity index (χ0n) is 28.3. The topological polar surface area (TPSA) is 24.1 Å². The molecule has 0 atom stereocenters. The maximum absolute atomic E-state index is 3.84. The Morgan fingerprint density at radius 3 is 2.20 bits per heavy atom. The van der Waals surface area contributed by atoms with Crippen molar-refractivity contribution in [2.24, 2.45) is 5.92 Å². The van der Waals surface area contributed by atoms with Gasteiger partial charge in [-0.05, 0) is 107 Å². The Kier molecular flexibility index (Phi) is 11.2. The molecule has 0 bridgehead atoms. The van der Waals surface area contributed by atoms with Crippen molar-refractivity contribution < 1.29 is 0 Å². The molecule has 4 aromatic carbocycles. The van der Waals surface area contributed by atoms with Gasteiger partial charge in [0, 0.05) is 17.8 Å². The molecule has 0 aromatic heterocycles. The molecule has 0 aliphatic carbocycles. The number of rotatable bonds is 13. The number of benzene rings is 4. The van der Waals surface area contributed by atoms with E-state index in [1.807, 2.05) is 0 Å². The highest BCUT2D eigenvalue weighted by Gasteiger charge is 2.30. The standard InChI is InChI=1S/C44H50N2/c1-6-44(7-2,42-27-26-40(36-16-10-8-11-17-36)32-41(42)43-19-13-15-28-45-43)46-29-14-9-12-18-38-31-39(23-20-34(38)5)37-24-21-35(22-25-37)30-33(3)4/h8-17,19-27,29,31-33,45-46H,6-7,18,28,30H2,1-5H3/b12-9-,29-14-. The zero-order chi connectivity index (χ0) is 32.4.